The van der Waals surface area contributed by atoms with Crippen molar-refractivity contribution < 1.29 is 27.8 Å². The Morgan fingerprint density at radius 2 is 2.00 bits per heavy atom. The van der Waals surface area contributed by atoms with Gasteiger partial charge in [-0.25, -0.2) is 0 Å². The van der Waals surface area contributed by atoms with E-state index in [1.807, 2.05) is 0 Å². The average molecular weight is 234 g/mol. The molecule has 1 aromatic carbocycles. The van der Waals surface area contributed by atoms with Gasteiger partial charge in [0.25, 0.3) is 0 Å². The molecule has 1 aromatic rings. The topological polar surface area (TPSA) is 38.7 Å². The van der Waals surface area contributed by atoms with Crippen LogP contribution in [0.4, 0.5) is 13.2 Å². The van der Waals surface area contributed by atoms with Crippen LogP contribution in [-0.4, -0.2) is 17.6 Å². The molecule has 0 bridgehead atoms. The summed E-state index contributed by atoms with van der Waals surface area (Å²) in [6.07, 6.45) is -7.79. The summed E-state index contributed by atoms with van der Waals surface area (Å²) in [7, 11) is 0. The number of hydrogen-bond donors (Lipinski definition) is 1. The van der Waals surface area contributed by atoms with Crippen molar-refractivity contribution in [3.8, 4) is 11.5 Å². The van der Waals surface area contributed by atoms with E-state index in [0.29, 0.717) is 0 Å². The van der Waals surface area contributed by atoms with Gasteiger partial charge >= 0.3 is 12.5 Å². The van der Waals surface area contributed by atoms with E-state index < -0.39 is 18.6 Å². The first-order valence-electron chi connectivity index (χ1n) is 4.60. The summed E-state index contributed by atoms with van der Waals surface area (Å²) in [5.74, 6) is -0.0412. The molecule has 0 saturated heterocycles. The maximum absolute atomic E-state index is 12.3. The van der Waals surface area contributed by atoms with Crippen molar-refractivity contribution >= 4 is 0 Å². The van der Waals surface area contributed by atoms with E-state index in [1.54, 1.807) is 0 Å². The minimum Gasteiger partial charge on any atom is -0.443 e. The Labute approximate surface area is 89.4 Å². The van der Waals surface area contributed by atoms with Gasteiger partial charge in [-0.3, -0.25) is 0 Å². The van der Waals surface area contributed by atoms with Crippen molar-refractivity contribution in [2.45, 2.75) is 25.5 Å². The second-order valence-electron chi connectivity index (χ2n) is 3.46. The lowest BCUT2D eigenvalue weighted by Crippen LogP contribution is -2.36. The van der Waals surface area contributed by atoms with Gasteiger partial charge in [0.2, 0.25) is 0 Å². The predicted molar refractivity (Wildman–Crippen MR) is 48.2 cm³/mol. The van der Waals surface area contributed by atoms with Crippen LogP contribution in [0.15, 0.2) is 18.2 Å². The smallest absolute Gasteiger partial charge is 0.443 e. The zero-order chi connectivity index (χ0) is 11.9. The molecule has 0 saturated carbocycles. The van der Waals surface area contributed by atoms with Crippen molar-refractivity contribution in [3.63, 3.8) is 0 Å². The number of aliphatic hydroxyl groups is 1. The van der Waals surface area contributed by atoms with Crippen LogP contribution in [0.2, 0.25) is 0 Å². The average Bonchev–Trinajstić information content (AvgIpc) is 2.59. The van der Waals surface area contributed by atoms with E-state index >= 15 is 0 Å². The molecular weight excluding hydrogens is 225 g/mol. The molecule has 0 radical (unpaired) electrons. The molecule has 0 fully saturated rings. The van der Waals surface area contributed by atoms with E-state index in [4.69, 9.17) is 0 Å². The molecule has 6 heteroatoms. The summed E-state index contributed by atoms with van der Waals surface area (Å²) >= 11 is 0. The highest BCUT2D eigenvalue weighted by Crippen LogP contribution is 2.43. The van der Waals surface area contributed by atoms with Crippen LogP contribution >= 0.6 is 0 Å². The number of hydrogen-bond acceptors (Lipinski definition) is 3. The van der Waals surface area contributed by atoms with Gasteiger partial charge in [-0.05, 0) is 13.0 Å². The number of benzene rings is 1. The van der Waals surface area contributed by atoms with Crippen molar-refractivity contribution in [1.29, 1.82) is 0 Å². The molecule has 2 rings (SSSR count). The van der Waals surface area contributed by atoms with Gasteiger partial charge in [0.05, 0.1) is 6.10 Å². The highest BCUT2D eigenvalue weighted by molar-refractivity contribution is 5.49. The van der Waals surface area contributed by atoms with E-state index in [0.717, 1.165) is 0 Å². The van der Waals surface area contributed by atoms with Crippen molar-refractivity contribution in [2.24, 2.45) is 0 Å². The fraction of sp³-hybridized carbons (Fsp3) is 0.400. The van der Waals surface area contributed by atoms with Crippen LogP contribution in [-0.2, 0) is 0 Å². The third kappa shape index (κ3) is 1.80. The SMILES string of the molecule is CC(O)c1cccc2c1OC(C(F)(F)F)O2. The van der Waals surface area contributed by atoms with Crippen LogP contribution in [0.1, 0.15) is 18.6 Å². The van der Waals surface area contributed by atoms with Crippen LogP contribution in [0.5, 0.6) is 11.5 Å². The Morgan fingerprint density at radius 3 is 2.56 bits per heavy atom. The monoisotopic (exact) mass is 234 g/mol. The van der Waals surface area contributed by atoms with E-state index in [9.17, 15) is 18.3 Å². The Hall–Kier alpha value is -1.43. The highest BCUT2D eigenvalue weighted by atomic mass is 19.4. The summed E-state index contributed by atoms with van der Waals surface area (Å²) < 4.78 is 46.3. The number of rotatable bonds is 1. The van der Waals surface area contributed by atoms with Gasteiger partial charge in [0.1, 0.15) is 0 Å². The molecule has 1 heterocycles. The summed E-state index contributed by atoms with van der Waals surface area (Å²) in [6, 6.07) is 4.36. The molecular formula is C10H9F3O3. The molecule has 16 heavy (non-hydrogen) atoms. The Balaban J connectivity index is 2.34. The third-order valence-electron chi connectivity index (χ3n) is 2.19. The van der Waals surface area contributed by atoms with Gasteiger partial charge in [-0.2, -0.15) is 13.2 Å². The zero-order valence-electron chi connectivity index (χ0n) is 8.28. The number of halogens is 3. The molecule has 1 aliphatic heterocycles. The molecule has 0 aromatic heterocycles. The minimum atomic E-state index is -4.59. The lowest BCUT2D eigenvalue weighted by molar-refractivity contribution is -0.242. The fourth-order valence-electron chi connectivity index (χ4n) is 1.46. The number of ether oxygens (including phenoxy) is 2. The molecule has 0 amide bonds. The van der Waals surface area contributed by atoms with Gasteiger partial charge in [0, 0.05) is 5.56 Å². The predicted octanol–water partition coefficient (Wildman–Crippen LogP) is 2.40. The Kier molecular flexibility index (Phi) is 2.46. The van der Waals surface area contributed by atoms with Gasteiger partial charge in [-0.15, -0.1) is 0 Å². The van der Waals surface area contributed by atoms with E-state index in [2.05, 4.69) is 9.47 Å². The second-order valence-corrected chi connectivity index (χ2v) is 3.46. The summed E-state index contributed by atoms with van der Waals surface area (Å²) in [6.45, 7) is 1.44. The third-order valence-corrected chi connectivity index (χ3v) is 2.19. The molecule has 2 unspecified atom stereocenters. The van der Waals surface area contributed by atoms with Crippen LogP contribution in [0.3, 0.4) is 0 Å². The quantitative estimate of drug-likeness (QED) is 0.810. The number of fused-ring (bicyclic) bond motifs is 1. The summed E-state index contributed by atoms with van der Waals surface area (Å²) in [5.41, 5.74) is 0.282. The number of para-hydroxylation sites is 1. The molecule has 0 spiro atoms. The molecule has 3 nitrogen and oxygen atoms in total. The normalized spacial score (nSPS) is 20.9. The maximum atomic E-state index is 12.3. The molecule has 1 aliphatic rings. The minimum absolute atomic E-state index is 0.000671. The second kappa shape index (κ2) is 3.55. The first kappa shape index (κ1) is 11.1. The standard InChI is InChI=1S/C10H9F3O3/c1-5(14)6-3-2-4-7-8(6)16-9(15-7)10(11,12)13/h2-5,9,14H,1H3. The van der Waals surface area contributed by atoms with Gasteiger partial charge in [-0.1, -0.05) is 12.1 Å². The zero-order valence-corrected chi connectivity index (χ0v) is 8.28. The summed E-state index contributed by atoms with van der Waals surface area (Å²) in [4.78, 5) is 0. The lowest BCUT2D eigenvalue weighted by atomic mass is 10.1. The number of alkyl halides is 3. The van der Waals surface area contributed by atoms with Crippen LogP contribution in [0, 0.1) is 0 Å². The first-order valence-corrected chi connectivity index (χ1v) is 4.60. The van der Waals surface area contributed by atoms with E-state index in [-0.39, 0.29) is 17.1 Å². The van der Waals surface area contributed by atoms with Crippen molar-refractivity contribution in [2.75, 3.05) is 0 Å². The lowest BCUT2D eigenvalue weighted by Gasteiger charge is -2.13. The fourth-order valence-corrected chi connectivity index (χ4v) is 1.46. The largest absolute Gasteiger partial charge is 0.464 e. The maximum Gasteiger partial charge on any atom is 0.464 e. The van der Waals surface area contributed by atoms with Gasteiger partial charge < -0.3 is 14.6 Å². The molecule has 1 N–H and O–H groups in total. The van der Waals surface area contributed by atoms with Crippen LogP contribution in [0.25, 0.3) is 0 Å². The molecule has 0 aliphatic carbocycles. The summed E-state index contributed by atoms with van der Waals surface area (Å²) in [5, 5.41) is 9.36. The van der Waals surface area contributed by atoms with Crippen LogP contribution < -0.4 is 9.47 Å². The Morgan fingerprint density at radius 1 is 1.31 bits per heavy atom. The van der Waals surface area contributed by atoms with Gasteiger partial charge in [0.15, 0.2) is 11.5 Å². The number of aliphatic hydroxyl groups excluding tert-OH is 1. The highest BCUT2D eigenvalue weighted by Gasteiger charge is 2.48. The first-order chi connectivity index (χ1) is 7.39. The molecule has 2 atom stereocenters. The molecule has 88 valence electrons. The van der Waals surface area contributed by atoms with E-state index in [1.165, 1.54) is 25.1 Å². The van der Waals surface area contributed by atoms with Crippen molar-refractivity contribution in [1.82, 2.24) is 0 Å². The Bertz CT molecular complexity index is 401. The van der Waals surface area contributed by atoms with Crippen molar-refractivity contribution in [3.05, 3.63) is 23.8 Å².